The number of anilines is 3. The summed E-state index contributed by atoms with van der Waals surface area (Å²) in [5, 5.41) is 9.43. The molecule has 3 aliphatic heterocycles. The van der Waals surface area contributed by atoms with E-state index in [1.54, 1.807) is 26.5 Å². The van der Waals surface area contributed by atoms with Gasteiger partial charge in [-0.3, -0.25) is 14.5 Å². The molecule has 270 valence electrons. The quantitative estimate of drug-likeness (QED) is 0.318. The van der Waals surface area contributed by atoms with Gasteiger partial charge < -0.3 is 39.6 Å². The molecule has 1 aliphatic carbocycles. The van der Waals surface area contributed by atoms with E-state index in [0.29, 0.717) is 50.4 Å². The van der Waals surface area contributed by atoms with E-state index >= 15 is 8.78 Å². The van der Waals surface area contributed by atoms with Crippen molar-refractivity contribution in [1.29, 1.82) is 0 Å². The zero-order valence-corrected chi connectivity index (χ0v) is 28.1. The second-order valence-corrected chi connectivity index (χ2v) is 13.8. The van der Waals surface area contributed by atoms with Crippen molar-refractivity contribution < 1.29 is 37.8 Å². The lowest BCUT2D eigenvalue weighted by atomic mass is 9.94. The fourth-order valence-electron chi connectivity index (χ4n) is 7.37. The molecule has 3 saturated heterocycles. The molecule has 0 spiro atoms. The number of ether oxygens (including phenoxy) is 1. The highest BCUT2D eigenvalue weighted by Gasteiger charge is 2.41. The highest BCUT2D eigenvalue weighted by molar-refractivity contribution is 5.92. The number of carbonyl (C=O) groups excluding carboxylic acids is 3. The van der Waals surface area contributed by atoms with E-state index in [4.69, 9.17) is 10.5 Å². The van der Waals surface area contributed by atoms with E-state index in [2.05, 4.69) is 4.98 Å². The van der Waals surface area contributed by atoms with Crippen LogP contribution in [0.4, 0.5) is 30.8 Å². The van der Waals surface area contributed by atoms with Gasteiger partial charge >= 0.3 is 12.1 Å². The van der Waals surface area contributed by atoms with Crippen LogP contribution in [0.1, 0.15) is 49.0 Å². The van der Waals surface area contributed by atoms with Gasteiger partial charge in [0.05, 0.1) is 29.2 Å². The van der Waals surface area contributed by atoms with E-state index in [-0.39, 0.29) is 66.7 Å². The fourth-order valence-corrected chi connectivity index (χ4v) is 7.37. The maximum atomic E-state index is 15.6. The summed E-state index contributed by atoms with van der Waals surface area (Å²) in [5.41, 5.74) is 5.77. The highest BCUT2D eigenvalue weighted by atomic mass is 19.1. The molecule has 51 heavy (non-hydrogen) atoms. The summed E-state index contributed by atoms with van der Waals surface area (Å²) in [5.74, 6) is -3.70. The number of cyclic esters (lactones) is 1. The fraction of sp³-hybridized carbons (Fsp3) is 0.486. The Labute approximate surface area is 291 Å². The summed E-state index contributed by atoms with van der Waals surface area (Å²) in [7, 11) is 0. The number of nitrogens with zero attached hydrogens (tertiary/aromatic N) is 6. The van der Waals surface area contributed by atoms with Crippen LogP contribution in [0.2, 0.25) is 0 Å². The molecule has 7 rings (SSSR count). The molecule has 4 aliphatic rings. The minimum Gasteiger partial charge on any atom is -0.477 e. The first-order valence-electron chi connectivity index (χ1n) is 17.2. The number of benzene rings is 1. The topological polar surface area (TPSA) is 172 Å². The first-order valence-corrected chi connectivity index (χ1v) is 17.2. The average Bonchev–Trinajstić information content (AvgIpc) is 3.75. The van der Waals surface area contributed by atoms with E-state index in [1.807, 2.05) is 4.90 Å². The van der Waals surface area contributed by atoms with Gasteiger partial charge in [-0.1, -0.05) is 0 Å². The molecule has 0 radical (unpaired) electrons. The Morgan fingerprint density at radius 1 is 1.00 bits per heavy atom. The molecule has 1 aromatic carbocycles. The van der Waals surface area contributed by atoms with Gasteiger partial charge in [0, 0.05) is 63.8 Å². The number of carboxylic acid groups (broad SMARTS) is 1. The van der Waals surface area contributed by atoms with Crippen molar-refractivity contribution in [1.82, 2.24) is 14.5 Å². The molecule has 3 N–H and O–H groups in total. The van der Waals surface area contributed by atoms with Crippen molar-refractivity contribution in [2.75, 3.05) is 67.1 Å². The van der Waals surface area contributed by atoms with Gasteiger partial charge in [0.2, 0.25) is 11.3 Å². The molecule has 4 fully saturated rings. The van der Waals surface area contributed by atoms with Crippen molar-refractivity contribution in [3.8, 4) is 0 Å². The number of Topliss-reactive ketones (excluding diaryl/α,β-unsaturated/α-hetero) is 1. The SMILES string of the molecule is CC(=O)CC[C@@H]1CN(c2ccc(N3CCN(C(=O)[C@@H]4CN(c5nc6c(cc5F)c(=O)c(C(=O)O)cn6C5CC5)C[C@H]4CN)CC3)c(F)c2)C(=O)O1. The Balaban J connectivity index is 1.02. The van der Waals surface area contributed by atoms with Gasteiger partial charge in [-0.15, -0.1) is 0 Å². The Morgan fingerprint density at radius 2 is 1.75 bits per heavy atom. The van der Waals surface area contributed by atoms with Gasteiger partial charge in [0.1, 0.15) is 28.9 Å². The molecular weight excluding hydrogens is 668 g/mol. The first-order chi connectivity index (χ1) is 24.4. The largest absolute Gasteiger partial charge is 0.477 e. The molecule has 16 heteroatoms. The van der Waals surface area contributed by atoms with E-state index in [0.717, 1.165) is 18.9 Å². The van der Waals surface area contributed by atoms with Crippen LogP contribution in [-0.4, -0.2) is 102 Å². The average molecular weight is 708 g/mol. The van der Waals surface area contributed by atoms with Crippen LogP contribution in [-0.2, 0) is 14.3 Å². The lowest BCUT2D eigenvalue weighted by molar-refractivity contribution is -0.136. The summed E-state index contributed by atoms with van der Waals surface area (Å²) in [6, 6.07) is 5.54. The zero-order chi connectivity index (χ0) is 36.1. The number of hydrogen-bond acceptors (Lipinski definition) is 10. The number of ketones is 1. The summed E-state index contributed by atoms with van der Waals surface area (Å²) >= 11 is 0. The zero-order valence-electron chi connectivity index (χ0n) is 28.1. The molecule has 2 aromatic heterocycles. The molecule has 2 amide bonds. The number of aromatic carboxylic acids is 1. The van der Waals surface area contributed by atoms with Crippen LogP contribution >= 0.6 is 0 Å². The molecule has 5 heterocycles. The number of hydrogen-bond donors (Lipinski definition) is 2. The third-order valence-corrected chi connectivity index (χ3v) is 10.3. The minimum atomic E-state index is -1.39. The van der Waals surface area contributed by atoms with Crippen LogP contribution in [0, 0.1) is 23.5 Å². The summed E-state index contributed by atoms with van der Waals surface area (Å²) < 4.78 is 38.0. The minimum absolute atomic E-state index is 0.00183. The first kappa shape index (κ1) is 34.3. The normalized spacial score (nSPS) is 22.2. The van der Waals surface area contributed by atoms with Crippen LogP contribution in [0.3, 0.4) is 0 Å². The van der Waals surface area contributed by atoms with Crippen LogP contribution in [0.15, 0.2) is 35.3 Å². The number of pyridine rings is 2. The molecular formula is C35H39F2N7O7. The second kappa shape index (κ2) is 13.5. The number of halogens is 2. The maximum Gasteiger partial charge on any atom is 0.414 e. The molecule has 14 nitrogen and oxygen atoms in total. The third kappa shape index (κ3) is 6.59. The van der Waals surface area contributed by atoms with Crippen LogP contribution < -0.4 is 25.9 Å². The monoisotopic (exact) mass is 707 g/mol. The number of carboxylic acids is 1. The van der Waals surface area contributed by atoms with Crippen molar-refractivity contribution in [2.45, 2.75) is 44.8 Å². The highest BCUT2D eigenvalue weighted by Crippen LogP contribution is 2.38. The maximum absolute atomic E-state index is 15.6. The molecule has 3 atom stereocenters. The number of piperazine rings is 1. The standard InChI is InChI=1S/C35H39F2N7O7/c1-19(45)2-6-23-16-44(35(50)51-23)22-5-7-29(27(36)12-22)40-8-10-41(11-9-40)33(47)25-17-42(15-20(25)14-38)32-28(37)13-24-30(46)26(34(48)49)18-43(21-3-4-21)31(24)39-32/h5,7,12-13,18,20-21,23,25H,2-4,6,8-11,14-17,38H2,1H3,(H,48,49)/t20-,23-,25-/m1/s1. The Hall–Kier alpha value is -5.12. The van der Waals surface area contributed by atoms with Gasteiger partial charge in [0.25, 0.3) is 0 Å². The summed E-state index contributed by atoms with van der Waals surface area (Å²) in [6.07, 6.45) is 2.51. The number of rotatable bonds is 10. The molecule has 0 bridgehead atoms. The van der Waals surface area contributed by atoms with E-state index < -0.39 is 46.7 Å². The Kier molecular flexibility index (Phi) is 9.12. The smallest absolute Gasteiger partial charge is 0.414 e. The van der Waals surface area contributed by atoms with Gasteiger partial charge in [-0.2, -0.15) is 0 Å². The molecule has 0 unspecified atom stereocenters. The van der Waals surface area contributed by atoms with Crippen molar-refractivity contribution >= 4 is 52.0 Å². The molecule has 1 saturated carbocycles. The van der Waals surface area contributed by atoms with E-state index in [9.17, 15) is 29.1 Å². The number of carbonyl (C=O) groups is 4. The number of amides is 2. The summed E-state index contributed by atoms with van der Waals surface area (Å²) in [4.78, 5) is 73.3. The van der Waals surface area contributed by atoms with Gasteiger partial charge in [-0.25, -0.2) is 23.4 Å². The third-order valence-electron chi connectivity index (χ3n) is 10.3. The lowest BCUT2D eigenvalue weighted by Gasteiger charge is -2.38. The Morgan fingerprint density at radius 3 is 2.39 bits per heavy atom. The lowest BCUT2D eigenvalue weighted by Crippen LogP contribution is -2.52. The second-order valence-electron chi connectivity index (χ2n) is 13.8. The predicted octanol–water partition coefficient (Wildman–Crippen LogP) is 2.76. The van der Waals surface area contributed by atoms with Crippen molar-refractivity contribution in [2.24, 2.45) is 17.6 Å². The number of fused-ring (bicyclic) bond motifs is 1. The van der Waals surface area contributed by atoms with Gasteiger partial charge in [-0.05, 0) is 57.0 Å². The van der Waals surface area contributed by atoms with Crippen LogP contribution in [0.5, 0.6) is 0 Å². The number of nitrogens with two attached hydrogens (primary N) is 1. The van der Waals surface area contributed by atoms with Crippen molar-refractivity contribution in [3.05, 3.63) is 57.9 Å². The van der Waals surface area contributed by atoms with Gasteiger partial charge in [0.15, 0.2) is 11.6 Å². The van der Waals surface area contributed by atoms with E-state index in [1.165, 1.54) is 24.1 Å². The summed E-state index contributed by atoms with van der Waals surface area (Å²) in [6.45, 7) is 3.68. The number of aromatic nitrogens is 2. The Bertz CT molecular complexity index is 1980. The van der Waals surface area contributed by atoms with Crippen LogP contribution in [0.25, 0.3) is 11.0 Å². The molecule has 3 aromatic rings. The predicted molar refractivity (Wildman–Crippen MR) is 182 cm³/mol. The van der Waals surface area contributed by atoms with Crippen molar-refractivity contribution in [3.63, 3.8) is 0 Å².